The van der Waals surface area contributed by atoms with Gasteiger partial charge in [0.2, 0.25) is 5.91 Å². The van der Waals surface area contributed by atoms with E-state index in [1.807, 2.05) is 26.0 Å². The number of carbonyl (C=O) groups is 3. The highest BCUT2D eigenvalue weighted by atomic mass is 32.2. The van der Waals surface area contributed by atoms with Crippen molar-refractivity contribution in [1.82, 2.24) is 4.90 Å². The van der Waals surface area contributed by atoms with E-state index in [4.69, 9.17) is 9.47 Å². The molecule has 1 N–H and O–H groups in total. The number of hydrogen-bond donors (Lipinski definition) is 1. The van der Waals surface area contributed by atoms with Gasteiger partial charge in [0.25, 0.3) is 11.1 Å². The Balaban J connectivity index is 1.44. The molecule has 9 heteroatoms. The third-order valence-corrected chi connectivity index (χ3v) is 6.79. The lowest BCUT2D eigenvalue weighted by molar-refractivity contribution is -0.127. The van der Waals surface area contributed by atoms with Crippen molar-refractivity contribution < 1.29 is 28.2 Å². The van der Waals surface area contributed by atoms with Gasteiger partial charge < -0.3 is 14.8 Å². The van der Waals surface area contributed by atoms with Crippen molar-refractivity contribution in [2.24, 2.45) is 0 Å². The highest BCUT2D eigenvalue weighted by Gasteiger charge is 2.36. The van der Waals surface area contributed by atoms with Gasteiger partial charge in [-0.1, -0.05) is 36.4 Å². The van der Waals surface area contributed by atoms with Crippen LogP contribution in [0.4, 0.5) is 14.9 Å². The first-order valence-corrected chi connectivity index (χ1v) is 12.2. The van der Waals surface area contributed by atoms with Gasteiger partial charge in [-0.3, -0.25) is 19.3 Å². The number of halogens is 1. The largest absolute Gasteiger partial charge is 0.493 e. The van der Waals surface area contributed by atoms with Crippen LogP contribution in [0.25, 0.3) is 6.08 Å². The van der Waals surface area contributed by atoms with Crippen LogP contribution in [0.3, 0.4) is 0 Å². The quantitative estimate of drug-likeness (QED) is 0.383. The van der Waals surface area contributed by atoms with Crippen molar-refractivity contribution in [3.05, 3.63) is 93.6 Å². The van der Waals surface area contributed by atoms with Crippen LogP contribution in [0.1, 0.15) is 22.3 Å². The Morgan fingerprint density at radius 2 is 1.84 bits per heavy atom. The second kappa shape index (κ2) is 11.3. The van der Waals surface area contributed by atoms with Crippen molar-refractivity contribution in [2.75, 3.05) is 19.0 Å². The third kappa shape index (κ3) is 6.00. The fraction of sp³-hybridized carbons (Fsp3) is 0.179. The predicted molar refractivity (Wildman–Crippen MR) is 141 cm³/mol. The number of aryl methyl sites for hydroxylation is 1. The molecular weight excluding hydrogens is 495 g/mol. The summed E-state index contributed by atoms with van der Waals surface area (Å²) in [4.78, 5) is 39.0. The van der Waals surface area contributed by atoms with E-state index in [2.05, 4.69) is 5.32 Å². The Bertz CT molecular complexity index is 1410. The summed E-state index contributed by atoms with van der Waals surface area (Å²) < 4.78 is 25.0. The fourth-order valence-corrected chi connectivity index (χ4v) is 4.51. The van der Waals surface area contributed by atoms with Crippen molar-refractivity contribution in [1.29, 1.82) is 0 Å². The Morgan fingerprint density at radius 1 is 1.05 bits per heavy atom. The second-order valence-electron chi connectivity index (χ2n) is 8.35. The van der Waals surface area contributed by atoms with Crippen molar-refractivity contribution in [3.63, 3.8) is 0 Å². The Labute approximate surface area is 218 Å². The number of benzene rings is 3. The SMILES string of the molecule is COc1cc(/C=C2/SC(=O)N(CC(=O)Nc3cccc(C)c3C)C2=O)ccc1OCc1ccccc1F. The summed E-state index contributed by atoms with van der Waals surface area (Å²) in [5.74, 6) is -0.590. The van der Waals surface area contributed by atoms with Crippen LogP contribution in [0.15, 0.2) is 65.6 Å². The van der Waals surface area contributed by atoms with Gasteiger partial charge >= 0.3 is 0 Å². The Hall–Kier alpha value is -4.11. The highest BCUT2D eigenvalue weighted by Crippen LogP contribution is 2.35. The lowest BCUT2D eigenvalue weighted by atomic mass is 10.1. The molecule has 3 aromatic carbocycles. The van der Waals surface area contributed by atoms with Crippen molar-refractivity contribution >= 4 is 40.6 Å². The van der Waals surface area contributed by atoms with E-state index in [1.165, 1.54) is 13.2 Å². The molecule has 1 fully saturated rings. The molecule has 1 heterocycles. The number of methoxy groups -OCH3 is 1. The number of imide groups is 1. The van der Waals surface area contributed by atoms with Gasteiger partial charge in [-0.15, -0.1) is 0 Å². The highest BCUT2D eigenvalue weighted by molar-refractivity contribution is 8.18. The lowest BCUT2D eigenvalue weighted by Gasteiger charge is -2.14. The summed E-state index contributed by atoms with van der Waals surface area (Å²) in [6, 6.07) is 16.8. The van der Waals surface area contributed by atoms with Gasteiger partial charge in [-0.2, -0.15) is 0 Å². The average Bonchev–Trinajstić information content (AvgIpc) is 3.14. The first kappa shape index (κ1) is 26.0. The normalized spacial score (nSPS) is 14.3. The molecule has 4 rings (SSSR count). The summed E-state index contributed by atoms with van der Waals surface area (Å²) >= 11 is 0.762. The standard InChI is InChI=1S/C28H25FN2O5S/c1-17-7-6-10-22(18(17)2)30-26(32)15-31-27(33)25(37-28(31)34)14-19-11-12-23(24(13-19)35-3)36-16-20-8-4-5-9-21(20)29/h4-14H,15-16H2,1-3H3,(H,30,32)/b25-14+. The number of nitrogens with one attached hydrogen (secondary N) is 1. The molecule has 1 saturated heterocycles. The monoisotopic (exact) mass is 520 g/mol. The van der Waals surface area contributed by atoms with Crippen molar-refractivity contribution in [3.8, 4) is 11.5 Å². The molecule has 1 aliphatic rings. The Kier molecular flexibility index (Phi) is 7.93. The van der Waals surface area contributed by atoms with Gasteiger partial charge in [-0.25, -0.2) is 4.39 Å². The number of nitrogens with zero attached hydrogens (tertiary/aromatic N) is 1. The number of anilines is 1. The fourth-order valence-electron chi connectivity index (χ4n) is 3.67. The average molecular weight is 521 g/mol. The van der Waals surface area contributed by atoms with Gasteiger partial charge in [0.15, 0.2) is 11.5 Å². The van der Waals surface area contributed by atoms with Crippen LogP contribution in [-0.4, -0.2) is 35.6 Å². The molecule has 190 valence electrons. The molecule has 0 bridgehead atoms. The molecule has 3 aromatic rings. The number of ether oxygens (including phenoxy) is 2. The Morgan fingerprint density at radius 3 is 2.59 bits per heavy atom. The lowest BCUT2D eigenvalue weighted by Crippen LogP contribution is -2.36. The van der Waals surface area contributed by atoms with E-state index in [0.717, 1.165) is 27.8 Å². The minimum atomic E-state index is -0.551. The number of amides is 3. The molecule has 3 amide bonds. The zero-order valence-electron chi connectivity index (χ0n) is 20.5. The molecule has 0 aliphatic carbocycles. The maximum absolute atomic E-state index is 13.9. The minimum Gasteiger partial charge on any atom is -0.493 e. The third-order valence-electron chi connectivity index (χ3n) is 5.88. The molecule has 0 atom stereocenters. The number of hydrogen-bond acceptors (Lipinski definition) is 6. The number of carbonyl (C=O) groups excluding carboxylic acids is 3. The summed E-state index contributed by atoms with van der Waals surface area (Å²) in [6.07, 6.45) is 1.55. The summed E-state index contributed by atoms with van der Waals surface area (Å²) in [7, 11) is 1.47. The smallest absolute Gasteiger partial charge is 0.294 e. The topological polar surface area (TPSA) is 84.9 Å². The second-order valence-corrected chi connectivity index (χ2v) is 9.35. The van der Waals surface area contributed by atoms with E-state index in [1.54, 1.807) is 48.5 Å². The molecular formula is C28H25FN2O5S. The van der Waals surface area contributed by atoms with E-state index in [-0.39, 0.29) is 23.9 Å². The minimum absolute atomic E-state index is 0.0193. The summed E-state index contributed by atoms with van der Waals surface area (Å²) in [5.41, 5.74) is 3.58. The first-order chi connectivity index (χ1) is 17.8. The zero-order valence-corrected chi connectivity index (χ0v) is 21.4. The van der Waals surface area contributed by atoms with E-state index < -0.39 is 17.1 Å². The molecule has 0 unspecified atom stereocenters. The van der Waals surface area contributed by atoms with Crippen LogP contribution >= 0.6 is 11.8 Å². The van der Waals surface area contributed by atoms with Gasteiger partial charge in [0.05, 0.1) is 12.0 Å². The molecule has 7 nitrogen and oxygen atoms in total. The zero-order chi connectivity index (χ0) is 26.5. The van der Waals surface area contributed by atoms with E-state index in [0.29, 0.717) is 28.3 Å². The van der Waals surface area contributed by atoms with E-state index in [9.17, 15) is 18.8 Å². The van der Waals surface area contributed by atoms with Gasteiger partial charge in [0, 0.05) is 11.3 Å². The van der Waals surface area contributed by atoms with Crippen LogP contribution in [-0.2, 0) is 16.2 Å². The van der Waals surface area contributed by atoms with Crippen LogP contribution in [0.5, 0.6) is 11.5 Å². The first-order valence-electron chi connectivity index (χ1n) is 11.4. The molecule has 0 saturated carbocycles. The summed E-state index contributed by atoms with van der Waals surface area (Å²) in [5, 5.41) is 2.24. The predicted octanol–water partition coefficient (Wildman–Crippen LogP) is 5.71. The number of rotatable bonds is 8. The van der Waals surface area contributed by atoms with Crippen molar-refractivity contribution in [2.45, 2.75) is 20.5 Å². The van der Waals surface area contributed by atoms with Crippen LogP contribution < -0.4 is 14.8 Å². The summed E-state index contributed by atoms with van der Waals surface area (Å²) in [6.45, 7) is 3.45. The van der Waals surface area contributed by atoms with Gasteiger partial charge in [-0.05, 0) is 72.6 Å². The molecule has 37 heavy (non-hydrogen) atoms. The molecule has 1 aliphatic heterocycles. The number of thioether (sulfide) groups is 1. The maximum Gasteiger partial charge on any atom is 0.294 e. The van der Waals surface area contributed by atoms with Crippen LogP contribution in [0.2, 0.25) is 0 Å². The maximum atomic E-state index is 13.9. The molecule has 0 radical (unpaired) electrons. The van der Waals surface area contributed by atoms with E-state index >= 15 is 0 Å². The molecule has 0 aromatic heterocycles. The molecule has 0 spiro atoms. The van der Waals surface area contributed by atoms with Crippen LogP contribution in [0, 0.1) is 19.7 Å². The van der Waals surface area contributed by atoms with Gasteiger partial charge in [0.1, 0.15) is 19.0 Å².